The predicted molar refractivity (Wildman–Crippen MR) is 100.0 cm³/mol. The Kier molecular flexibility index (Phi) is 4.23. The summed E-state index contributed by atoms with van der Waals surface area (Å²) in [6.07, 6.45) is 0. The fourth-order valence-electron chi connectivity index (χ4n) is 2.88. The largest absolute Gasteiger partial charge is 0.367 e. The highest BCUT2D eigenvalue weighted by Crippen LogP contribution is 2.24. The van der Waals surface area contributed by atoms with Crippen LogP contribution in [0.5, 0.6) is 0 Å². The lowest BCUT2D eigenvalue weighted by Crippen LogP contribution is -2.17. The number of sulfone groups is 1. The summed E-state index contributed by atoms with van der Waals surface area (Å²) >= 11 is 0. The first-order valence-corrected chi connectivity index (χ1v) is 9.94. The minimum absolute atomic E-state index is 0.0913. The normalized spacial score (nSPS) is 11.9. The number of benzene rings is 2. The van der Waals surface area contributed by atoms with Gasteiger partial charge in [-0.05, 0) is 31.2 Å². The number of rotatable bonds is 5. The molecule has 0 fully saturated rings. The summed E-state index contributed by atoms with van der Waals surface area (Å²) in [4.78, 5) is 0.0913. The minimum atomic E-state index is -3.53. The summed E-state index contributed by atoms with van der Waals surface area (Å²) in [7, 11) is -3.53. The SMILES string of the molecule is Cc1nnc2c3ccccc3c(NCCS(=O)(=O)c3ccc(F)cc3)nn12. The van der Waals surface area contributed by atoms with E-state index in [1.165, 1.54) is 12.1 Å². The van der Waals surface area contributed by atoms with E-state index in [-0.39, 0.29) is 17.2 Å². The summed E-state index contributed by atoms with van der Waals surface area (Å²) in [5.74, 6) is 0.571. The third kappa shape index (κ3) is 3.21. The van der Waals surface area contributed by atoms with Gasteiger partial charge in [0.05, 0.1) is 10.6 Å². The van der Waals surface area contributed by atoms with Crippen molar-refractivity contribution in [1.29, 1.82) is 0 Å². The molecule has 0 amide bonds. The van der Waals surface area contributed by atoms with E-state index in [2.05, 4.69) is 20.6 Å². The molecule has 9 heteroatoms. The third-order valence-corrected chi connectivity index (χ3v) is 5.99. The quantitative estimate of drug-likeness (QED) is 0.531. The van der Waals surface area contributed by atoms with Gasteiger partial charge in [0, 0.05) is 17.3 Å². The van der Waals surface area contributed by atoms with Gasteiger partial charge in [-0.2, -0.15) is 4.52 Å². The Balaban J connectivity index is 1.61. The summed E-state index contributed by atoms with van der Waals surface area (Å²) in [5, 5.41) is 17.5. The zero-order valence-corrected chi connectivity index (χ0v) is 15.2. The van der Waals surface area contributed by atoms with E-state index in [1.54, 1.807) is 11.4 Å². The second kappa shape index (κ2) is 6.58. The van der Waals surface area contributed by atoms with Gasteiger partial charge in [-0.1, -0.05) is 24.3 Å². The van der Waals surface area contributed by atoms with Gasteiger partial charge in [-0.15, -0.1) is 15.3 Å². The van der Waals surface area contributed by atoms with E-state index in [9.17, 15) is 12.8 Å². The van der Waals surface area contributed by atoms with Crippen LogP contribution in [0.3, 0.4) is 0 Å². The van der Waals surface area contributed by atoms with Crippen LogP contribution in [-0.2, 0) is 9.84 Å². The van der Waals surface area contributed by atoms with Gasteiger partial charge in [0.2, 0.25) is 0 Å². The second-order valence-electron chi connectivity index (χ2n) is 6.08. The number of halogens is 1. The van der Waals surface area contributed by atoms with Crippen molar-refractivity contribution >= 4 is 32.1 Å². The Morgan fingerprint density at radius 1 is 1.04 bits per heavy atom. The standard InChI is InChI=1S/C18H16FN5O2S/c1-12-21-22-18-16-5-3-2-4-15(16)17(23-24(12)18)20-10-11-27(25,26)14-8-6-13(19)7-9-14/h2-9H,10-11H2,1H3,(H,20,23). The van der Waals surface area contributed by atoms with E-state index in [0.717, 1.165) is 22.9 Å². The van der Waals surface area contributed by atoms with Crippen LogP contribution in [-0.4, -0.2) is 40.5 Å². The number of anilines is 1. The molecule has 138 valence electrons. The van der Waals surface area contributed by atoms with Crippen molar-refractivity contribution in [2.75, 3.05) is 17.6 Å². The Morgan fingerprint density at radius 2 is 1.74 bits per heavy atom. The lowest BCUT2D eigenvalue weighted by Gasteiger charge is -2.10. The maximum absolute atomic E-state index is 13.0. The highest BCUT2D eigenvalue weighted by Gasteiger charge is 2.16. The van der Waals surface area contributed by atoms with Crippen molar-refractivity contribution in [3.05, 3.63) is 60.2 Å². The predicted octanol–water partition coefficient (Wildman–Crippen LogP) is 2.61. The van der Waals surface area contributed by atoms with Crippen LogP contribution in [0.2, 0.25) is 0 Å². The molecule has 0 bridgehead atoms. The molecule has 0 aliphatic carbocycles. The Bertz CT molecular complexity index is 1240. The second-order valence-corrected chi connectivity index (χ2v) is 8.19. The molecule has 0 saturated heterocycles. The molecule has 0 atom stereocenters. The molecule has 0 aliphatic heterocycles. The smallest absolute Gasteiger partial charge is 0.185 e. The first-order chi connectivity index (χ1) is 13.0. The fraction of sp³-hybridized carbons (Fsp3) is 0.167. The van der Waals surface area contributed by atoms with Gasteiger partial charge in [-0.3, -0.25) is 0 Å². The maximum atomic E-state index is 13.0. The maximum Gasteiger partial charge on any atom is 0.185 e. The fourth-order valence-corrected chi connectivity index (χ4v) is 4.04. The Morgan fingerprint density at radius 3 is 2.48 bits per heavy atom. The summed E-state index contributed by atoms with van der Waals surface area (Å²) < 4.78 is 39.5. The molecule has 2 aromatic heterocycles. The molecule has 0 saturated carbocycles. The van der Waals surface area contributed by atoms with Gasteiger partial charge in [-0.25, -0.2) is 12.8 Å². The summed E-state index contributed by atoms with van der Waals surface area (Å²) in [5.41, 5.74) is 0.646. The van der Waals surface area contributed by atoms with Gasteiger partial charge in [0.1, 0.15) is 5.82 Å². The highest BCUT2D eigenvalue weighted by molar-refractivity contribution is 7.91. The number of hydrogen-bond acceptors (Lipinski definition) is 6. The van der Waals surface area contributed by atoms with Crippen molar-refractivity contribution in [3.63, 3.8) is 0 Å². The Labute approximate surface area is 154 Å². The van der Waals surface area contributed by atoms with Crippen LogP contribution < -0.4 is 5.32 Å². The van der Waals surface area contributed by atoms with Crippen LogP contribution in [0, 0.1) is 12.7 Å². The number of fused-ring (bicyclic) bond motifs is 3. The van der Waals surface area contributed by atoms with Crippen LogP contribution in [0.4, 0.5) is 10.2 Å². The zero-order chi connectivity index (χ0) is 19.0. The van der Waals surface area contributed by atoms with E-state index in [4.69, 9.17) is 0 Å². The lowest BCUT2D eigenvalue weighted by molar-refractivity contribution is 0.595. The first-order valence-electron chi connectivity index (χ1n) is 8.29. The van der Waals surface area contributed by atoms with E-state index < -0.39 is 15.7 Å². The average Bonchev–Trinajstić information content (AvgIpc) is 3.03. The molecule has 4 aromatic rings. The van der Waals surface area contributed by atoms with Crippen molar-refractivity contribution in [2.45, 2.75) is 11.8 Å². The molecule has 0 aliphatic rings. The number of nitrogens with one attached hydrogen (secondary N) is 1. The molecule has 27 heavy (non-hydrogen) atoms. The molecule has 0 spiro atoms. The number of aryl methyl sites for hydroxylation is 1. The lowest BCUT2D eigenvalue weighted by atomic mass is 10.2. The average molecular weight is 385 g/mol. The topological polar surface area (TPSA) is 89.2 Å². The summed E-state index contributed by atoms with van der Waals surface area (Å²) in [6, 6.07) is 12.4. The van der Waals surface area contributed by atoms with Crippen molar-refractivity contribution in [2.24, 2.45) is 0 Å². The highest BCUT2D eigenvalue weighted by atomic mass is 32.2. The monoisotopic (exact) mass is 385 g/mol. The van der Waals surface area contributed by atoms with Crippen LogP contribution in [0.15, 0.2) is 53.4 Å². The summed E-state index contributed by atoms with van der Waals surface area (Å²) in [6.45, 7) is 1.95. The molecule has 1 N–H and O–H groups in total. The molecule has 0 radical (unpaired) electrons. The Hall–Kier alpha value is -3.07. The van der Waals surface area contributed by atoms with E-state index in [1.807, 2.05) is 24.3 Å². The van der Waals surface area contributed by atoms with Gasteiger partial charge in [0.15, 0.2) is 27.1 Å². The van der Waals surface area contributed by atoms with E-state index in [0.29, 0.717) is 17.3 Å². The number of aromatic nitrogens is 4. The van der Waals surface area contributed by atoms with Crippen molar-refractivity contribution < 1.29 is 12.8 Å². The third-order valence-electron chi connectivity index (χ3n) is 4.26. The van der Waals surface area contributed by atoms with Crippen LogP contribution >= 0.6 is 0 Å². The van der Waals surface area contributed by atoms with Crippen molar-refractivity contribution in [1.82, 2.24) is 19.8 Å². The first kappa shape index (κ1) is 17.3. The zero-order valence-electron chi connectivity index (χ0n) is 14.4. The minimum Gasteiger partial charge on any atom is -0.367 e. The molecule has 4 rings (SSSR count). The molecule has 2 aromatic carbocycles. The van der Waals surface area contributed by atoms with Crippen molar-refractivity contribution in [3.8, 4) is 0 Å². The molecular weight excluding hydrogens is 369 g/mol. The molecular formula is C18H16FN5O2S. The van der Waals surface area contributed by atoms with Gasteiger partial charge >= 0.3 is 0 Å². The van der Waals surface area contributed by atoms with Crippen LogP contribution in [0.1, 0.15) is 5.82 Å². The molecule has 2 heterocycles. The van der Waals surface area contributed by atoms with Gasteiger partial charge in [0.25, 0.3) is 0 Å². The van der Waals surface area contributed by atoms with E-state index >= 15 is 0 Å². The van der Waals surface area contributed by atoms with Gasteiger partial charge < -0.3 is 5.32 Å². The number of hydrogen-bond donors (Lipinski definition) is 1. The number of nitrogens with zero attached hydrogens (tertiary/aromatic N) is 4. The molecule has 7 nitrogen and oxygen atoms in total. The molecule has 0 unspecified atom stereocenters. The van der Waals surface area contributed by atoms with Crippen LogP contribution in [0.25, 0.3) is 16.4 Å².